The minimum atomic E-state index is -0.503. The molecule has 3 rings (SSSR count). The fourth-order valence-electron chi connectivity index (χ4n) is 2.74. The third kappa shape index (κ3) is 4.54. The molecule has 1 aromatic carbocycles. The first-order valence-corrected chi connectivity index (χ1v) is 9.69. The van der Waals surface area contributed by atoms with E-state index in [-0.39, 0.29) is 25.1 Å². The van der Waals surface area contributed by atoms with Gasteiger partial charge in [0.05, 0.1) is 12.5 Å². The second-order valence-electron chi connectivity index (χ2n) is 6.42. The molecule has 1 fully saturated rings. The van der Waals surface area contributed by atoms with Crippen LogP contribution in [-0.2, 0) is 19.1 Å². The van der Waals surface area contributed by atoms with Crippen molar-refractivity contribution in [2.75, 3.05) is 18.5 Å². The van der Waals surface area contributed by atoms with Gasteiger partial charge in [0, 0.05) is 10.9 Å². The van der Waals surface area contributed by atoms with Gasteiger partial charge in [-0.1, -0.05) is 37.3 Å². The van der Waals surface area contributed by atoms with Crippen LogP contribution in [0.1, 0.15) is 30.6 Å². The van der Waals surface area contributed by atoms with Crippen LogP contribution in [-0.4, -0.2) is 31.1 Å². The highest BCUT2D eigenvalue weighted by molar-refractivity contribution is 7.15. The maximum absolute atomic E-state index is 12.4. The highest BCUT2D eigenvalue weighted by atomic mass is 32.1. The lowest BCUT2D eigenvalue weighted by atomic mass is 10.0. The molecule has 27 heavy (non-hydrogen) atoms. The normalized spacial score (nSPS) is 17.9. The number of amides is 1. The molecule has 0 unspecified atom stereocenters. The predicted molar refractivity (Wildman–Crippen MR) is 103 cm³/mol. The molecule has 1 saturated carbocycles. The summed E-state index contributed by atoms with van der Waals surface area (Å²) in [5.74, 6) is -1.11. The highest BCUT2D eigenvalue weighted by Gasteiger charge is 2.40. The Balaban J connectivity index is 1.74. The quantitative estimate of drug-likeness (QED) is 0.732. The summed E-state index contributed by atoms with van der Waals surface area (Å²) < 4.78 is 10.2. The van der Waals surface area contributed by atoms with Gasteiger partial charge in [-0.05, 0) is 24.8 Å². The first-order chi connectivity index (χ1) is 13.0. The maximum Gasteiger partial charge on any atom is 0.341 e. The Morgan fingerprint density at radius 3 is 2.52 bits per heavy atom. The van der Waals surface area contributed by atoms with Crippen LogP contribution in [0.3, 0.4) is 0 Å². The van der Waals surface area contributed by atoms with E-state index in [1.54, 1.807) is 12.3 Å². The molecule has 0 saturated heterocycles. The number of rotatable bonds is 7. The molecule has 1 aliphatic carbocycles. The van der Waals surface area contributed by atoms with Crippen molar-refractivity contribution < 1.29 is 23.9 Å². The van der Waals surface area contributed by atoms with E-state index < -0.39 is 11.9 Å². The third-order valence-electron chi connectivity index (χ3n) is 4.37. The zero-order valence-corrected chi connectivity index (χ0v) is 16.0. The lowest BCUT2D eigenvalue weighted by Crippen LogP contribution is -2.22. The largest absolute Gasteiger partial charge is 0.462 e. The molecular weight excluding hydrogens is 366 g/mol. The molecule has 6 nitrogen and oxygen atoms in total. The van der Waals surface area contributed by atoms with Crippen LogP contribution in [0.15, 0.2) is 35.7 Å². The molecule has 0 spiro atoms. The Morgan fingerprint density at radius 2 is 1.89 bits per heavy atom. The molecule has 2 aromatic rings. The minimum absolute atomic E-state index is 0.0979. The van der Waals surface area contributed by atoms with E-state index in [9.17, 15) is 14.4 Å². The van der Waals surface area contributed by atoms with Crippen LogP contribution >= 0.6 is 11.3 Å². The monoisotopic (exact) mass is 387 g/mol. The summed E-state index contributed by atoms with van der Waals surface area (Å²) in [5, 5.41) is 4.85. The second kappa shape index (κ2) is 8.35. The molecule has 2 atom stereocenters. The first kappa shape index (κ1) is 19.1. The predicted octanol–water partition coefficient (Wildman–Crippen LogP) is 3.73. The molecule has 1 amide bonds. The average molecular weight is 387 g/mol. The number of anilines is 1. The average Bonchev–Trinajstić information content (AvgIpc) is 3.25. The molecule has 0 bridgehead atoms. The second-order valence-corrected chi connectivity index (χ2v) is 7.30. The van der Waals surface area contributed by atoms with Crippen molar-refractivity contribution in [2.24, 2.45) is 11.8 Å². The SMILES string of the molecule is CCOC(=O)c1c(-c2ccccc2)csc1NC(=O)COC(=O)[C@@H]1C[C@@H]1C. The Labute approximate surface area is 161 Å². The van der Waals surface area contributed by atoms with Crippen molar-refractivity contribution >= 4 is 34.2 Å². The van der Waals surface area contributed by atoms with Crippen molar-refractivity contribution in [3.63, 3.8) is 0 Å². The fraction of sp³-hybridized carbons (Fsp3) is 0.350. The Morgan fingerprint density at radius 1 is 1.19 bits per heavy atom. The van der Waals surface area contributed by atoms with E-state index in [2.05, 4.69) is 5.32 Å². The van der Waals surface area contributed by atoms with Gasteiger partial charge in [-0.15, -0.1) is 11.3 Å². The Bertz CT molecular complexity index is 845. The van der Waals surface area contributed by atoms with Crippen LogP contribution in [0.4, 0.5) is 5.00 Å². The van der Waals surface area contributed by atoms with Crippen LogP contribution < -0.4 is 5.32 Å². The van der Waals surface area contributed by atoms with E-state index in [0.717, 1.165) is 12.0 Å². The van der Waals surface area contributed by atoms with Gasteiger partial charge in [0.25, 0.3) is 5.91 Å². The van der Waals surface area contributed by atoms with Crippen molar-refractivity contribution in [1.29, 1.82) is 0 Å². The molecule has 0 aliphatic heterocycles. The van der Waals surface area contributed by atoms with Gasteiger partial charge in [0.15, 0.2) is 6.61 Å². The first-order valence-electron chi connectivity index (χ1n) is 8.81. The van der Waals surface area contributed by atoms with Crippen LogP contribution in [0.5, 0.6) is 0 Å². The van der Waals surface area contributed by atoms with Gasteiger partial charge in [-0.2, -0.15) is 0 Å². The number of esters is 2. The van der Waals surface area contributed by atoms with Crippen LogP contribution in [0.25, 0.3) is 11.1 Å². The summed E-state index contributed by atoms with van der Waals surface area (Å²) in [7, 11) is 0. The molecular formula is C20H21NO5S. The van der Waals surface area contributed by atoms with Gasteiger partial charge in [0.1, 0.15) is 10.6 Å². The number of hydrogen-bond acceptors (Lipinski definition) is 6. The summed E-state index contributed by atoms with van der Waals surface area (Å²) in [6.45, 7) is 3.55. The number of ether oxygens (including phenoxy) is 2. The number of hydrogen-bond donors (Lipinski definition) is 1. The highest BCUT2D eigenvalue weighted by Crippen LogP contribution is 2.39. The number of carbonyl (C=O) groups excluding carboxylic acids is 3. The van der Waals surface area contributed by atoms with Crippen molar-refractivity contribution in [2.45, 2.75) is 20.3 Å². The summed E-state index contributed by atoms with van der Waals surface area (Å²) in [5.41, 5.74) is 1.85. The summed E-state index contributed by atoms with van der Waals surface area (Å²) in [6.07, 6.45) is 0.804. The summed E-state index contributed by atoms with van der Waals surface area (Å²) in [6, 6.07) is 9.40. The van der Waals surface area contributed by atoms with Crippen molar-refractivity contribution in [1.82, 2.24) is 0 Å². The topological polar surface area (TPSA) is 81.7 Å². The van der Waals surface area contributed by atoms with Crippen LogP contribution in [0.2, 0.25) is 0 Å². The molecule has 7 heteroatoms. The Kier molecular flexibility index (Phi) is 5.91. The number of benzene rings is 1. The lowest BCUT2D eigenvalue weighted by Gasteiger charge is -2.09. The van der Waals surface area contributed by atoms with E-state index >= 15 is 0 Å². The van der Waals surface area contributed by atoms with Crippen LogP contribution in [0, 0.1) is 11.8 Å². The molecule has 142 valence electrons. The third-order valence-corrected chi connectivity index (χ3v) is 5.26. The zero-order chi connectivity index (χ0) is 19.4. The van der Waals surface area contributed by atoms with E-state index in [4.69, 9.17) is 9.47 Å². The lowest BCUT2D eigenvalue weighted by molar-refractivity contribution is -0.148. The van der Waals surface area contributed by atoms with E-state index in [1.807, 2.05) is 37.3 Å². The van der Waals surface area contributed by atoms with Gasteiger partial charge in [-0.25, -0.2) is 4.79 Å². The van der Waals surface area contributed by atoms with Crippen molar-refractivity contribution in [3.05, 3.63) is 41.3 Å². The molecule has 1 aliphatic rings. The van der Waals surface area contributed by atoms with E-state index in [0.29, 0.717) is 22.0 Å². The number of nitrogens with one attached hydrogen (secondary N) is 1. The maximum atomic E-state index is 12.4. The number of thiophene rings is 1. The molecule has 1 heterocycles. The number of carbonyl (C=O) groups is 3. The standard InChI is InChI=1S/C20H21NO5S/c1-3-25-20(24)17-15(13-7-5-4-6-8-13)11-27-18(17)21-16(22)10-26-19(23)14-9-12(14)2/h4-8,11-12,14H,3,9-10H2,1-2H3,(H,21,22)/t12-,14+/m0/s1. The van der Waals surface area contributed by atoms with E-state index in [1.165, 1.54) is 11.3 Å². The summed E-state index contributed by atoms with van der Waals surface area (Å²) in [4.78, 5) is 36.4. The Hall–Kier alpha value is -2.67. The van der Waals surface area contributed by atoms with Crippen molar-refractivity contribution in [3.8, 4) is 11.1 Å². The minimum Gasteiger partial charge on any atom is -0.462 e. The van der Waals surface area contributed by atoms with Gasteiger partial charge < -0.3 is 14.8 Å². The van der Waals surface area contributed by atoms with Gasteiger partial charge in [-0.3, -0.25) is 9.59 Å². The van der Waals surface area contributed by atoms with Gasteiger partial charge >= 0.3 is 11.9 Å². The molecule has 1 aromatic heterocycles. The smallest absolute Gasteiger partial charge is 0.341 e. The molecule has 1 N–H and O–H groups in total. The molecule has 0 radical (unpaired) electrons. The summed E-state index contributed by atoms with van der Waals surface area (Å²) >= 11 is 1.23. The van der Waals surface area contributed by atoms with Gasteiger partial charge in [0.2, 0.25) is 0 Å². The zero-order valence-electron chi connectivity index (χ0n) is 15.2. The fourth-order valence-corrected chi connectivity index (χ4v) is 3.72.